The molecule has 3 rings (SSSR count). The highest BCUT2D eigenvalue weighted by Crippen LogP contribution is 2.33. The topological polar surface area (TPSA) is 68.1 Å². The first kappa shape index (κ1) is 14.1. The predicted octanol–water partition coefficient (Wildman–Crippen LogP) is 1.66. The van der Waals surface area contributed by atoms with Crippen LogP contribution in [0.3, 0.4) is 0 Å². The zero-order valence-electron chi connectivity index (χ0n) is 12.2. The van der Waals surface area contributed by atoms with Gasteiger partial charge in [0, 0.05) is 13.6 Å². The minimum absolute atomic E-state index is 0.124. The van der Waals surface area contributed by atoms with Crippen molar-refractivity contribution in [2.75, 3.05) is 10.8 Å². The zero-order chi connectivity index (χ0) is 15.0. The lowest BCUT2D eigenvalue weighted by Crippen LogP contribution is -2.33. The van der Waals surface area contributed by atoms with Crippen LogP contribution < -0.4 is 4.31 Å². The van der Waals surface area contributed by atoms with Crippen LogP contribution in [0.25, 0.3) is 0 Å². The van der Waals surface area contributed by atoms with Gasteiger partial charge in [-0.15, -0.1) is 5.10 Å². The summed E-state index contributed by atoms with van der Waals surface area (Å²) in [5.41, 5.74) is 2.88. The highest BCUT2D eigenvalue weighted by molar-refractivity contribution is 7.92. The number of sulfonamides is 1. The Balaban J connectivity index is 2.18. The van der Waals surface area contributed by atoms with Crippen molar-refractivity contribution >= 4 is 15.7 Å². The Hall–Kier alpha value is -1.89. The molecule has 0 atom stereocenters. The molecule has 0 spiro atoms. The Morgan fingerprint density at radius 2 is 2.05 bits per heavy atom. The Bertz CT molecular complexity index is 767. The first-order chi connectivity index (χ1) is 10.0. The fraction of sp³-hybridized carbons (Fsp3) is 0.429. The average molecular weight is 306 g/mol. The predicted molar refractivity (Wildman–Crippen MR) is 79.7 cm³/mol. The van der Waals surface area contributed by atoms with Crippen LogP contribution in [0.5, 0.6) is 0 Å². The molecule has 2 aromatic rings. The van der Waals surface area contributed by atoms with Crippen molar-refractivity contribution in [1.82, 2.24) is 15.0 Å². The van der Waals surface area contributed by atoms with Gasteiger partial charge in [0.2, 0.25) is 0 Å². The summed E-state index contributed by atoms with van der Waals surface area (Å²) in [6, 6.07) is 5.95. The number of benzene rings is 1. The van der Waals surface area contributed by atoms with E-state index in [1.54, 1.807) is 7.05 Å². The molecule has 0 unspecified atom stereocenters. The third kappa shape index (κ3) is 2.31. The number of para-hydroxylation sites is 1. The van der Waals surface area contributed by atoms with Gasteiger partial charge in [-0.25, -0.2) is 4.68 Å². The molecule has 112 valence electrons. The molecule has 1 aliphatic heterocycles. The van der Waals surface area contributed by atoms with E-state index in [0.717, 1.165) is 36.1 Å². The number of hydrogen-bond donors (Lipinski definition) is 0. The molecular weight excluding hydrogens is 288 g/mol. The minimum atomic E-state index is -3.64. The van der Waals surface area contributed by atoms with Crippen LogP contribution in [0, 0.1) is 6.92 Å². The van der Waals surface area contributed by atoms with E-state index in [9.17, 15) is 8.42 Å². The molecule has 0 N–H and O–H groups in total. The fourth-order valence-corrected chi connectivity index (χ4v) is 4.48. The lowest BCUT2D eigenvalue weighted by atomic mass is 10.0. The molecule has 1 aromatic carbocycles. The molecule has 0 saturated heterocycles. The second-order valence-corrected chi connectivity index (χ2v) is 7.12. The normalized spacial score (nSPS) is 15.6. The van der Waals surface area contributed by atoms with E-state index in [1.165, 1.54) is 15.2 Å². The molecule has 21 heavy (non-hydrogen) atoms. The molecular formula is C14H18N4O2S. The van der Waals surface area contributed by atoms with Crippen LogP contribution in [-0.4, -0.2) is 30.0 Å². The summed E-state index contributed by atoms with van der Waals surface area (Å²) in [7, 11) is -2.04. The SMILES string of the molecule is Cc1cccc2c1N(S(=O)(=O)c1cnnn1C)CCCC2. The van der Waals surface area contributed by atoms with Crippen molar-refractivity contribution in [3.63, 3.8) is 0 Å². The Labute approximate surface area is 124 Å². The van der Waals surface area contributed by atoms with Gasteiger partial charge in [-0.3, -0.25) is 4.31 Å². The highest BCUT2D eigenvalue weighted by Gasteiger charge is 2.31. The maximum absolute atomic E-state index is 13.0. The number of aryl methyl sites for hydroxylation is 3. The monoisotopic (exact) mass is 306 g/mol. The first-order valence-electron chi connectivity index (χ1n) is 6.98. The Morgan fingerprint density at radius 3 is 2.76 bits per heavy atom. The summed E-state index contributed by atoms with van der Waals surface area (Å²) in [5, 5.41) is 7.56. The van der Waals surface area contributed by atoms with Crippen LogP contribution in [0.2, 0.25) is 0 Å². The molecule has 0 radical (unpaired) electrons. The maximum atomic E-state index is 13.0. The zero-order valence-corrected chi connectivity index (χ0v) is 13.0. The standard InChI is InChI=1S/C14H18N4O2S/c1-11-6-5-8-12-7-3-4-9-18(14(11)12)21(19,20)13-10-15-16-17(13)2/h5-6,8,10H,3-4,7,9H2,1-2H3. The minimum Gasteiger partial charge on any atom is -0.264 e. The van der Waals surface area contributed by atoms with Crippen LogP contribution >= 0.6 is 0 Å². The summed E-state index contributed by atoms with van der Waals surface area (Å²) >= 11 is 0. The largest absolute Gasteiger partial charge is 0.283 e. The van der Waals surface area contributed by atoms with Crippen molar-refractivity contribution < 1.29 is 8.42 Å². The van der Waals surface area contributed by atoms with Crippen LogP contribution in [0.4, 0.5) is 5.69 Å². The first-order valence-corrected chi connectivity index (χ1v) is 8.42. The molecule has 1 aromatic heterocycles. The van der Waals surface area contributed by atoms with E-state index in [-0.39, 0.29) is 5.03 Å². The lowest BCUT2D eigenvalue weighted by Gasteiger charge is -2.25. The quantitative estimate of drug-likeness (QED) is 0.846. The number of anilines is 1. The molecule has 7 heteroatoms. The number of nitrogens with zero attached hydrogens (tertiary/aromatic N) is 4. The van der Waals surface area contributed by atoms with Crippen LogP contribution in [0.1, 0.15) is 24.0 Å². The summed E-state index contributed by atoms with van der Waals surface area (Å²) < 4.78 is 28.7. The van der Waals surface area contributed by atoms with Crippen LogP contribution in [0.15, 0.2) is 29.4 Å². The van der Waals surface area contributed by atoms with E-state index < -0.39 is 10.0 Å². The fourth-order valence-electron chi connectivity index (χ4n) is 2.83. The Kier molecular flexibility index (Phi) is 3.44. The molecule has 2 heterocycles. The average Bonchev–Trinajstić information content (AvgIpc) is 2.74. The van der Waals surface area contributed by atoms with E-state index in [4.69, 9.17) is 0 Å². The van der Waals surface area contributed by atoms with Gasteiger partial charge in [-0.05, 0) is 37.3 Å². The van der Waals surface area contributed by atoms with Gasteiger partial charge in [0.05, 0.1) is 11.9 Å². The van der Waals surface area contributed by atoms with E-state index in [2.05, 4.69) is 10.3 Å². The van der Waals surface area contributed by atoms with Gasteiger partial charge in [-0.2, -0.15) is 8.42 Å². The summed E-state index contributed by atoms with van der Waals surface area (Å²) in [4.78, 5) is 0. The third-order valence-electron chi connectivity index (χ3n) is 3.86. The smallest absolute Gasteiger partial charge is 0.264 e. The molecule has 6 nitrogen and oxygen atoms in total. The number of hydrogen-bond acceptors (Lipinski definition) is 4. The van der Waals surface area contributed by atoms with Gasteiger partial charge in [-0.1, -0.05) is 23.4 Å². The molecule has 0 bridgehead atoms. The molecule has 0 saturated carbocycles. The summed E-state index contributed by atoms with van der Waals surface area (Å²) in [6.45, 7) is 2.44. The Morgan fingerprint density at radius 1 is 1.24 bits per heavy atom. The van der Waals surface area contributed by atoms with E-state index in [1.807, 2.05) is 25.1 Å². The van der Waals surface area contributed by atoms with Crippen molar-refractivity contribution in [3.05, 3.63) is 35.5 Å². The summed E-state index contributed by atoms with van der Waals surface area (Å²) in [5.74, 6) is 0. The maximum Gasteiger partial charge on any atom is 0.283 e. The number of rotatable bonds is 2. The third-order valence-corrected chi connectivity index (χ3v) is 5.70. The molecule has 0 aliphatic carbocycles. The number of fused-ring (bicyclic) bond motifs is 1. The molecule has 0 amide bonds. The summed E-state index contributed by atoms with van der Waals surface area (Å²) in [6.07, 6.45) is 4.05. The van der Waals surface area contributed by atoms with Gasteiger partial charge < -0.3 is 0 Å². The van der Waals surface area contributed by atoms with E-state index in [0.29, 0.717) is 6.54 Å². The van der Waals surface area contributed by atoms with Crippen molar-refractivity contribution in [2.45, 2.75) is 31.2 Å². The van der Waals surface area contributed by atoms with Gasteiger partial charge in [0.15, 0.2) is 5.03 Å². The molecule has 0 fully saturated rings. The van der Waals surface area contributed by atoms with Crippen molar-refractivity contribution in [3.8, 4) is 0 Å². The second kappa shape index (κ2) is 5.14. The highest BCUT2D eigenvalue weighted by atomic mass is 32.2. The number of aromatic nitrogens is 3. The van der Waals surface area contributed by atoms with Gasteiger partial charge >= 0.3 is 0 Å². The molecule has 1 aliphatic rings. The van der Waals surface area contributed by atoms with Gasteiger partial charge in [0.25, 0.3) is 10.0 Å². The second-order valence-electron chi connectivity index (χ2n) is 5.31. The van der Waals surface area contributed by atoms with Crippen molar-refractivity contribution in [1.29, 1.82) is 0 Å². The van der Waals surface area contributed by atoms with Crippen molar-refractivity contribution in [2.24, 2.45) is 7.05 Å². The lowest BCUT2D eigenvalue weighted by molar-refractivity contribution is 0.568. The van der Waals surface area contributed by atoms with Crippen LogP contribution in [-0.2, 0) is 23.5 Å². The van der Waals surface area contributed by atoms with Gasteiger partial charge in [0.1, 0.15) is 0 Å². The van der Waals surface area contributed by atoms with E-state index >= 15 is 0 Å².